The molecule has 0 radical (unpaired) electrons. The number of hydrogen-bond acceptors (Lipinski definition) is 3. The molecular formula is C38H57N2O3S+. The maximum atomic E-state index is 13.8. The van der Waals surface area contributed by atoms with Gasteiger partial charge in [0.2, 0.25) is 10.0 Å². The van der Waals surface area contributed by atoms with Crippen LogP contribution in [0.15, 0.2) is 71.9 Å². The molecule has 242 valence electrons. The van der Waals surface area contributed by atoms with Crippen molar-refractivity contribution in [2.75, 3.05) is 6.61 Å². The van der Waals surface area contributed by atoms with Gasteiger partial charge in [0.15, 0.2) is 12.4 Å². The predicted molar refractivity (Wildman–Crippen MR) is 182 cm³/mol. The Balaban J connectivity index is 1.43. The van der Waals surface area contributed by atoms with E-state index in [0.717, 1.165) is 41.0 Å². The van der Waals surface area contributed by atoms with Crippen LogP contribution in [0, 0.1) is 13.8 Å². The van der Waals surface area contributed by atoms with E-state index in [1.54, 1.807) is 16.4 Å². The Kier molecular flexibility index (Phi) is 16.0. The normalized spacial score (nSPS) is 11.8. The minimum Gasteiger partial charge on any atom is -0.494 e. The van der Waals surface area contributed by atoms with Crippen molar-refractivity contribution < 1.29 is 17.7 Å². The zero-order chi connectivity index (χ0) is 31.6. The average Bonchev–Trinajstić information content (AvgIpc) is 3.01. The standard InChI is InChI=1S/C38H57N2O3S/c1-5-6-7-8-9-10-11-12-13-14-15-16-17-18-29-43-37-22-21-36(34(3)30-37)32-40(31-35-25-27-39(4)28-26-35)44(41,42)38-23-19-33(2)20-24-38/h19-28,30H,5-18,29,31-32H2,1-4H3/q+1. The molecule has 0 saturated carbocycles. The van der Waals surface area contributed by atoms with E-state index < -0.39 is 10.0 Å². The summed E-state index contributed by atoms with van der Waals surface area (Å²) in [5.41, 5.74) is 3.99. The number of hydrogen-bond donors (Lipinski definition) is 0. The lowest BCUT2D eigenvalue weighted by Gasteiger charge is -2.23. The summed E-state index contributed by atoms with van der Waals surface area (Å²) in [5.74, 6) is 0.851. The molecule has 1 heterocycles. The van der Waals surface area contributed by atoms with E-state index in [-0.39, 0.29) is 0 Å². The van der Waals surface area contributed by atoms with E-state index in [4.69, 9.17) is 4.74 Å². The van der Waals surface area contributed by atoms with Crippen LogP contribution in [-0.4, -0.2) is 19.3 Å². The van der Waals surface area contributed by atoms with Crippen molar-refractivity contribution in [1.29, 1.82) is 0 Å². The van der Waals surface area contributed by atoms with Gasteiger partial charge in [-0.3, -0.25) is 0 Å². The maximum absolute atomic E-state index is 13.8. The van der Waals surface area contributed by atoms with Gasteiger partial charge in [-0.1, -0.05) is 114 Å². The van der Waals surface area contributed by atoms with Gasteiger partial charge in [0, 0.05) is 25.2 Å². The molecule has 3 rings (SSSR count). The molecule has 0 spiro atoms. The van der Waals surface area contributed by atoms with Gasteiger partial charge in [-0.05, 0) is 61.2 Å². The largest absolute Gasteiger partial charge is 0.494 e. The number of aryl methyl sites for hydroxylation is 3. The molecule has 0 atom stereocenters. The van der Waals surface area contributed by atoms with E-state index in [0.29, 0.717) is 18.0 Å². The third-order valence-electron chi connectivity index (χ3n) is 8.49. The molecule has 3 aromatic rings. The van der Waals surface area contributed by atoms with Crippen LogP contribution in [0.2, 0.25) is 0 Å². The number of rotatable bonds is 22. The number of ether oxygens (including phenoxy) is 1. The second kappa shape index (κ2) is 19.6. The molecule has 0 aliphatic heterocycles. The maximum Gasteiger partial charge on any atom is 0.243 e. The summed E-state index contributed by atoms with van der Waals surface area (Å²) < 4.78 is 37.1. The second-order valence-electron chi connectivity index (χ2n) is 12.5. The lowest BCUT2D eigenvalue weighted by atomic mass is 10.0. The first-order chi connectivity index (χ1) is 21.3. The highest BCUT2D eigenvalue weighted by Gasteiger charge is 2.26. The molecule has 0 aliphatic carbocycles. The Hall–Kier alpha value is -2.70. The molecule has 0 unspecified atom stereocenters. The van der Waals surface area contributed by atoms with E-state index in [1.807, 2.05) is 80.3 Å². The van der Waals surface area contributed by atoms with Gasteiger partial charge in [-0.2, -0.15) is 4.31 Å². The molecule has 0 saturated heterocycles. The smallest absolute Gasteiger partial charge is 0.243 e. The van der Waals surface area contributed by atoms with Gasteiger partial charge in [0.25, 0.3) is 0 Å². The van der Waals surface area contributed by atoms with Gasteiger partial charge in [0.1, 0.15) is 12.8 Å². The Morgan fingerprint density at radius 1 is 0.682 bits per heavy atom. The highest BCUT2D eigenvalue weighted by Crippen LogP contribution is 2.25. The number of sulfonamides is 1. The first kappa shape index (κ1) is 35.8. The van der Waals surface area contributed by atoms with E-state index in [1.165, 1.54) is 83.5 Å². The lowest BCUT2D eigenvalue weighted by Crippen LogP contribution is -2.31. The summed E-state index contributed by atoms with van der Waals surface area (Å²) in [6.45, 7) is 7.59. The third-order valence-corrected chi connectivity index (χ3v) is 10.3. The molecule has 0 fully saturated rings. The summed E-state index contributed by atoms with van der Waals surface area (Å²) in [6, 6.07) is 17.1. The zero-order valence-electron chi connectivity index (χ0n) is 27.9. The molecule has 2 aromatic carbocycles. The minimum atomic E-state index is -3.69. The van der Waals surface area contributed by atoms with Crippen LogP contribution < -0.4 is 9.30 Å². The third kappa shape index (κ3) is 12.7. The van der Waals surface area contributed by atoms with Crippen molar-refractivity contribution in [2.45, 2.75) is 129 Å². The second-order valence-corrected chi connectivity index (χ2v) is 14.4. The quantitative estimate of drug-likeness (QED) is 0.0830. The van der Waals surface area contributed by atoms with Crippen molar-refractivity contribution in [3.05, 3.63) is 89.2 Å². The van der Waals surface area contributed by atoms with E-state index in [9.17, 15) is 8.42 Å². The Morgan fingerprint density at radius 3 is 1.77 bits per heavy atom. The van der Waals surface area contributed by atoms with E-state index in [2.05, 4.69) is 6.92 Å². The van der Waals surface area contributed by atoms with Crippen LogP contribution in [-0.2, 0) is 30.2 Å². The SMILES string of the molecule is CCCCCCCCCCCCCCCCOc1ccc(CN(Cc2cc[n+](C)cc2)S(=O)(=O)c2ccc(C)cc2)c(C)c1. The van der Waals surface area contributed by atoms with Gasteiger partial charge in [-0.15, -0.1) is 0 Å². The average molecular weight is 622 g/mol. The van der Waals surface area contributed by atoms with Crippen molar-refractivity contribution in [3.8, 4) is 5.75 Å². The number of benzene rings is 2. The highest BCUT2D eigenvalue weighted by atomic mass is 32.2. The van der Waals surface area contributed by atoms with Crippen molar-refractivity contribution in [3.63, 3.8) is 0 Å². The van der Waals surface area contributed by atoms with E-state index >= 15 is 0 Å². The van der Waals surface area contributed by atoms with Crippen LogP contribution in [0.4, 0.5) is 0 Å². The molecule has 0 amide bonds. The molecule has 6 heteroatoms. The molecule has 0 bridgehead atoms. The van der Waals surface area contributed by atoms with Gasteiger partial charge < -0.3 is 4.74 Å². The number of nitrogens with zero attached hydrogens (tertiary/aromatic N) is 2. The summed E-state index contributed by atoms with van der Waals surface area (Å²) in [7, 11) is -1.74. The van der Waals surface area contributed by atoms with Crippen LogP contribution in [0.1, 0.15) is 119 Å². The fourth-order valence-electron chi connectivity index (χ4n) is 5.54. The molecule has 5 nitrogen and oxygen atoms in total. The summed E-state index contributed by atoms with van der Waals surface area (Å²) in [5, 5.41) is 0. The van der Waals surface area contributed by atoms with Crippen LogP contribution >= 0.6 is 0 Å². The fourth-order valence-corrected chi connectivity index (χ4v) is 6.94. The first-order valence-corrected chi connectivity index (χ1v) is 18.5. The van der Waals surface area contributed by atoms with Crippen LogP contribution in [0.5, 0.6) is 5.75 Å². The highest BCUT2D eigenvalue weighted by molar-refractivity contribution is 7.89. The molecule has 44 heavy (non-hydrogen) atoms. The zero-order valence-corrected chi connectivity index (χ0v) is 28.7. The van der Waals surface area contributed by atoms with Crippen LogP contribution in [0.3, 0.4) is 0 Å². The summed E-state index contributed by atoms with van der Waals surface area (Å²) >= 11 is 0. The molecule has 0 N–H and O–H groups in total. The van der Waals surface area contributed by atoms with Gasteiger partial charge in [0.05, 0.1) is 11.5 Å². The van der Waals surface area contributed by atoms with Gasteiger partial charge in [-0.25, -0.2) is 13.0 Å². The van der Waals surface area contributed by atoms with Crippen molar-refractivity contribution in [1.82, 2.24) is 4.31 Å². The van der Waals surface area contributed by atoms with Crippen molar-refractivity contribution in [2.24, 2.45) is 7.05 Å². The Labute approximate surface area is 268 Å². The summed E-state index contributed by atoms with van der Waals surface area (Å²) in [6.07, 6.45) is 22.7. The topological polar surface area (TPSA) is 50.5 Å². The fraction of sp³-hybridized carbons (Fsp3) is 0.553. The number of unbranched alkanes of at least 4 members (excludes halogenated alkanes) is 13. The van der Waals surface area contributed by atoms with Gasteiger partial charge >= 0.3 is 0 Å². The first-order valence-electron chi connectivity index (χ1n) is 17.0. The predicted octanol–water partition coefficient (Wildman–Crippen LogP) is 9.38. The molecule has 0 aliphatic rings. The Bertz CT molecular complexity index is 1320. The van der Waals surface area contributed by atoms with Crippen molar-refractivity contribution >= 4 is 10.0 Å². The number of aromatic nitrogens is 1. The lowest BCUT2D eigenvalue weighted by molar-refractivity contribution is -0.671. The minimum absolute atomic E-state index is 0.294. The Morgan fingerprint density at radius 2 is 1.23 bits per heavy atom. The molecule has 1 aromatic heterocycles. The molecular weight excluding hydrogens is 564 g/mol. The number of pyridine rings is 1. The van der Waals surface area contributed by atoms with Crippen LogP contribution in [0.25, 0.3) is 0 Å². The summed E-state index contributed by atoms with van der Waals surface area (Å²) in [4.78, 5) is 0.315. The monoisotopic (exact) mass is 621 g/mol.